The number of carboxylic acids is 3. The van der Waals surface area contributed by atoms with Crippen molar-refractivity contribution in [1.82, 2.24) is 44.5 Å². The minimum Gasteiger partial charge on any atom is -0.480 e. The molecule has 0 aromatic heterocycles. The van der Waals surface area contributed by atoms with E-state index in [1.807, 2.05) is 4.90 Å². The van der Waals surface area contributed by atoms with Crippen LogP contribution in [0.1, 0.15) is 39.0 Å². The Hall–Kier alpha value is -4.73. The maximum atomic E-state index is 12.9. The second kappa shape index (κ2) is 27.0. The summed E-state index contributed by atoms with van der Waals surface area (Å²) < 4.78 is 0. The van der Waals surface area contributed by atoms with Gasteiger partial charge < -0.3 is 40.2 Å². The van der Waals surface area contributed by atoms with E-state index >= 15 is 0 Å². The molecule has 0 aromatic carbocycles. The van der Waals surface area contributed by atoms with E-state index in [9.17, 15) is 58.5 Å². The Morgan fingerprint density at radius 3 is 1.16 bits per heavy atom. The number of likely N-dealkylation sites (N-methyl/N-ethyl adjacent to an activating group) is 4. The number of nitrogens with zero attached hydrogens (tertiary/aromatic N) is 8. The molecular weight excluding hydrogens is 750 g/mol. The first kappa shape index (κ1) is 50.3. The Labute approximate surface area is 334 Å². The predicted octanol–water partition coefficient (Wildman–Crippen LogP) is -3.05. The highest BCUT2D eigenvalue weighted by molar-refractivity contribution is 5.91. The molecule has 1 saturated heterocycles. The molecule has 21 heteroatoms. The Kier molecular flexibility index (Phi) is 23.8. The Morgan fingerprint density at radius 1 is 0.474 bits per heavy atom. The fourth-order valence-corrected chi connectivity index (χ4v) is 5.74. The number of unbranched alkanes of at least 4 members (excludes halogenated alkanes) is 2. The number of hydrogen-bond donors (Lipinski definition) is 4. The summed E-state index contributed by atoms with van der Waals surface area (Å²) in [6, 6.07) is 0. The van der Waals surface area contributed by atoms with Gasteiger partial charge in [0.05, 0.1) is 52.4 Å². The molecule has 0 aromatic rings. The number of nitrogens with one attached hydrogen (secondary N) is 1. The van der Waals surface area contributed by atoms with Gasteiger partial charge in [-0.3, -0.25) is 62.8 Å². The first-order chi connectivity index (χ1) is 26.8. The summed E-state index contributed by atoms with van der Waals surface area (Å²) in [4.78, 5) is 121. The summed E-state index contributed by atoms with van der Waals surface area (Å²) in [5.41, 5.74) is 0. The third-order valence-electron chi connectivity index (χ3n) is 9.39. The van der Waals surface area contributed by atoms with Crippen LogP contribution in [0.4, 0.5) is 0 Å². The van der Waals surface area contributed by atoms with Gasteiger partial charge in [-0.1, -0.05) is 13.3 Å². The van der Waals surface area contributed by atoms with E-state index in [2.05, 4.69) is 5.32 Å². The molecule has 0 spiro atoms. The van der Waals surface area contributed by atoms with Crippen LogP contribution in [0.2, 0.25) is 0 Å². The molecule has 1 fully saturated rings. The van der Waals surface area contributed by atoms with Gasteiger partial charge in [0.2, 0.25) is 29.5 Å². The van der Waals surface area contributed by atoms with Crippen molar-refractivity contribution in [3.05, 3.63) is 0 Å². The molecule has 0 unspecified atom stereocenters. The molecule has 1 aliphatic heterocycles. The number of carbonyl (C=O) groups is 9. The fraction of sp³-hybridized carbons (Fsp3) is 0.750. The van der Waals surface area contributed by atoms with Gasteiger partial charge >= 0.3 is 17.9 Å². The zero-order valence-corrected chi connectivity index (χ0v) is 34.1. The highest BCUT2D eigenvalue weighted by atomic mass is 16.4. The molecule has 0 bridgehead atoms. The number of carboxylic acid groups (broad SMARTS) is 3. The summed E-state index contributed by atoms with van der Waals surface area (Å²) in [5, 5.41) is 31.0. The van der Waals surface area contributed by atoms with Crippen molar-refractivity contribution < 1.29 is 58.5 Å². The zero-order chi connectivity index (χ0) is 43.1. The number of aliphatic carboxylic acids is 3. The highest BCUT2D eigenvalue weighted by Crippen LogP contribution is 2.05. The van der Waals surface area contributed by atoms with Gasteiger partial charge in [-0.25, -0.2) is 0 Å². The van der Waals surface area contributed by atoms with E-state index in [0.717, 1.165) is 0 Å². The summed E-state index contributed by atoms with van der Waals surface area (Å²) in [6.45, 7) is 2.74. The average molecular weight is 814 g/mol. The number of carbonyl (C=O) groups excluding carboxylic acids is 6. The van der Waals surface area contributed by atoms with Gasteiger partial charge in [-0.05, 0) is 12.8 Å². The molecular formula is C36H63N9O12. The van der Waals surface area contributed by atoms with Gasteiger partial charge in [0.1, 0.15) is 0 Å². The van der Waals surface area contributed by atoms with Crippen LogP contribution in [0.25, 0.3) is 0 Å². The molecule has 4 N–H and O–H groups in total. The van der Waals surface area contributed by atoms with Crippen molar-refractivity contribution in [1.29, 1.82) is 0 Å². The van der Waals surface area contributed by atoms with Crippen LogP contribution >= 0.6 is 0 Å². The second-order valence-electron chi connectivity index (χ2n) is 14.3. The van der Waals surface area contributed by atoms with Crippen molar-refractivity contribution in [2.75, 3.05) is 139 Å². The van der Waals surface area contributed by atoms with Crippen LogP contribution in [-0.4, -0.2) is 247 Å². The SMILES string of the molecule is CCC(=O)CN(C)C(=O)CN(C)C(=O)CN(C)C(=O)CN(C)C(=O)CCCCCNC(=O)CN1CCN(CC(=O)O)CCN(CC(=O)O)CCN(CC(=O)O)CC1. The highest BCUT2D eigenvalue weighted by Gasteiger charge is 2.23. The summed E-state index contributed by atoms with van der Waals surface area (Å²) in [5.74, 6) is -5.11. The molecule has 0 aliphatic carbocycles. The maximum Gasteiger partial charge on any atom is 0.317 e. The van der Waals surface area contributed by atoms with Crippen molar-refractivity contribution in [2.24, 2.45) is 0 Å². The number of amides is 5. The Balaban J connectivity index is 2.54. The minimum atomic E-state index is -1.04. The number of ketones is 1. The van der Waals surface area contributed by atoms with Crippen LogP contribution in [0.15, 0.2) is 0 Å². The van der Waals surface area contributed by atoms with Gasteiger partial charge in [0, 0.05) is 99.9 Å². The standard InChI is InChI=1S/C36H63N9O12/c1-6-28(46)20-38(2)31(49)23-40(4)33(51)24-41(5)32(50)22-39(3)30(48)10-8-7-9-11-37-29(47)21-42-12-14-43(25-34(52)53)16-18-45(27-36(56)57)19-17-44(15-13-42)26-35(54)55/h6-27H2,1-5H3,(H,37,47)(H,52,53)(H,54,55)(H,56,57). The molecule has 1 heterocycles. The number of hydrogen-bond acceptors (Lipinski definition) is 13. The molecule has 324 valence electrons. The number of rotatable bonds is 23. The second-order valence-corrected chi connectivity index (χ2v) is 14.3. The molecule has 21 nitrogen and oxygen atoms in total. The van der Waals surface area contributed by atoms with Gasteiger partial charge in [-0.15, -0.1) is 0 Å². The third-order valence-corrected chi connectivity index (χ3v) is 9.39. The van der Waals surface area contributed by atoms with Crippen LogP contribution in [0.3, 0.4) is 0 Å². The molecule has 1 rings (SSSR count). The van der Waals surface area contributed by atoms with Crippen molar-refractivity contribution in [3.8, 4) is 0 Å². The maximum absolute atomic E-state index is 12.9. The lowest BCUT2D eigenvalue weighted by Gasteiger charge is -2.32. The summed E-state index contributed by atoms with van der Waals surface area (Å²) in [7, 11) is 5.82. The van der Waals surface area contributed by atoms with Gasteiger partial charge in [0.25, 0.3) is 0 Å². The smallest absolute Gasteiger partial charge is 0.317 e. The largest absolute Gasteiger partial charge is 0.480 e. The first-order valence-electron chi connectivity index (χ1n) is 19.1. The number of Topliss-reactive ketones (excluding diaryl/α,β-unsaturated/α-hetero) is 1. The van der Waals surface area contributed by atoms with Gasteiger partial charge in [-0.2, -0.15) is 0 Å². The minimum absolute atomic E-state index is 0.00270. The monoisotopic (exact) mass is 813 g/mol. The lowest BCUT2D eigenvalue weighted by molar-refractivity contribution is -0.144. The van der Waals surface area contributed by atoms with Crippen molar-refractivity contribution >= 4 is 53.2 Å². The lowest BCUT2D eigenvalue weighted by atomic mass is 10.2. The van der Waals surface area contributed by atoms with E-state index in [1.54, 1.807) is 21.6 Å². The first-order valence-corrected chi connectivity index (χ1v) is 19.1. The molecule has 0 saturated carbocycles. The van der Waals surface area contributed by atoms with Crippen molar-refractivity contribution in [3.63, 3.8) is 0 Å². The molecule has 0 radical (unpaired) electrons. The summed E-state index contributed by atoms with van der Waals surface area (Å²) in [6.07, 6.45) is 2.17. The predicted molar refractivity (Wildman–Crippen MR) is 206 cm³/mol. The van der Waals surface area contributed by atoms with E-state index < -0.39 is 35.6 Å². The van der Waals surface area contributed by atoms with E-state index in [4.69, 9.17) is 0 Å². The lowest BCUT2D eigenvalue weighted by Crippen LogP contribution is -2.49. The van der Waals surface area contributed by atoms with Crippen LogP contribution in [-0.2, 0) is 43.2 Å². The van der Waals surface area contributed by atoms with Crippen LogP contribution < -0.4 is 5.32 Å². The molecule has 57 heavy (non-hydrogen) atoms. The normalized spacial score (nSPS) is 15.0. The van der Waals surface area contributed by atoms with Crippen LogP contribution in [0.5, 0.6) is 0 Å². The summed E-state index contributed by atoms with van der Waals surface area (Å²) >= 11 is 0. The molecule has 5 amide bonds. The quantitative estimate of drug-likeness (QED) is 0.0748. The van der Waals surface area contributed by atoms with E-state index in [0.29, 0.717) is 58.4 Å². The van der Waals surface area contributed by atoms with E-state index in [-0.39, 0.29) is 103 Å². The molecule has 1 aliphatic rings. The van der Waals surface area contributed by atoms with Crippen molar-refractivity contribution in [2.45, 2.75) is 39.0 Å². The zero-order valence-electron chi connectivity index (χ0n) is 34.1. The Morgan fingerprint density at radius 2 is 0.807 bits per heavy atom. The molecule has 0 atom stereocenters. The topological polar surface area (TPSA) is 252 Å². The average Bonchev–Trinajstić information content (AvgIpc) is 3.12. The van der Waals surface area contributed by atoms with E-state index in [1.165, 1.54) is 47.8 Å². The Bertz CT molecular complexity index is 1350. The fourth-order valence-electron chi connectivity index (χ4n) is 5.74. The third kappa shape index (κ3) is 22.6. The van der Waals surface area contributed by atoms with Gasteiger partial charge in [0.15, 0.2) is 5.78 Å². The van der Waals surface area contributed by atoms with Crippen LogP contribution in [0, 0.1) is 0 Å².